The van der Waals surface area contributed by atoms with Gasteiger partial charge in [-0.15, -0.1) is 10.2 Å². The third kappa shape index (κ3) is 5.20. The van der Waals surface area contributed by atoms with Crippen molar-refractivity contribution in [1.82, 2.24) is 9.47 Å². The molecule has 1 aliphatic rings. The van der Waals surface area contributed by atoms with Gasteiger partial charge in [-0.1, -0.05) is 36.2 Å². The summed E-state index contributed by atoms with van der Waals surface area (Å²) >= 11 is 12.6. The lowest BCUT2D eigenvalue weighted by Gasteiger charge is -2.27. The van der Waals surface area contributed by atoms with Crippen LogP contribution < -0.4 is 4.74 Å². The first-order chi connectivity index (χ1) is 16.4. The topological polar surface area (TPSA) is 88.7 Å². The third-order valence-electron chi connectivity index (χ3n) is 5.77. The Bertz CT molecular complexity index is 1240. The minimum atomic E-state index is -0.588. The first-order valence-corrected chi connectivity index (χ1v) is 11.8. The fraction of sp³-hybridized carbons (Fsp3) is 0.375. The summed E-state index contributed by atoms with van der Waals surface area (Å²) in [5.74, 6) is -0.107. The summed E-state index contributed by atoms with van der Waals surface area (Å²) in [7, 11) is 0. The predicted molar refractivity (Wildman–Crippen MR) is 132 cm³/mol. The molecule has 8 nitrogen and oxygen atoms in total. The monoisotopic (exact) mass is 504 g/mol. The molecule has 1 amide bonds. The number of halogens is 2. The zero-order chi connectivity index (χ0) is 24.2. The van der Waals surface area contributed by atoms with Gasteiger partial charge in [-0.2, -0.15) is 0 Å². The molecule has 1 N–H and O–H groups in total. The van der Waals surface area contributed by atoms with E-state index in [0.717, 1.165) is 24.2 Å². The summed E-state index contributed by atoms with van der Waals surface area (Å²) in [6.07, 6.45) is 0.708. The summed E-state index contributed by atoms with van der Waals surface area (Å²) in [6.45, 7) is 6.76. The quantitative estimate of drug-likeness (QED) is 0.428. The molecule has 1 fully saturated rings. The average molecular weight is 505 g/mol. The van der Waals surface area contributed by atoms with Crippen molar-refractivity contribution in [2.75, 3.05) is 32.9 Å². The maximum Gasteiger partial charge on any atom is 0.302 e. The van der Waals surface area contributed by atoms with Crippen LogP contribution in [0.5, 0.6) is 11.6 Å². The van der Waals surface area contributed by atoms with Gasteiger partial charge >= 0.3 is 5.91 Å². The average Bonchev–Trinajstić information content (AvgIpc) is 3.10. The second-order valence-corrected chi connectivity index (χ2v) is 8.87. The maximum absolute atomic E-state index is 12.4. The third-order valence-corrected chi connectivity index (χ3v) is 6.49. The molecule has 2 aromatic carbocycles. The highest BCUT2D eigenvalue weighted by Crippen LogP contribution is 2.42. The van der Waals surface area contributed by atoms with Crippen LogP contribution in [0.4, 0.5) is 5.69 Å². The second-order valence-electron chi connectivity index (χ2n) is 8.05. The van der Waals surface area contributed by atoms with Gasteiger partial charge in [0, 0.05) is 18.1 Å². The van der Waals surface area contributed by atoms with E-state index in [1.54, 1.807) is 22.8 Å². The van der Waals surface area contributed by atoms with Crippen LogP contribution in [0.15, 0.2) is 40.6 Å². The molecule has 2 heterocycles. The van der Waals surface area contributed by atoms with Gasteiger partial charge in [0.2, 0.25) is 5.88 Å². The smallest absolute Gasteiger partial charge is 0.302 e. The highest BCUT2D eigenvalue weighted by atomic mass is 35.5. The van der Waals surface area contributed by atoms with Crippen molar-refractivity contribution in [3.05, 3.63) is 51.5 Å². The van der Waals surface area contributed by atoms with Gasteiger partial charge in [-0.3, -0.25) is 14.3 Å². The first kappa shape index (κ1) is 24.5. The van der Waals surface area contributed by atoms with Gasteiger partial charge in [-0.25, -0.2) is 0 Å². The molecule has 0 spiro atoms. The Kier molecular flexibility index (Phi) is 7.73. The van der Waals surface area contributed by atoms with Crippen molar-refractivity contribution in [1.29, 1.82) is 0 Å². The van der Waals surface area contributed by atoms with Crippen LogP contribution in [0.25, 0.3) is 10.9 Å². The van der Waals surface area contributed by atoms with E-state index in [4.69, 9.17) is 32.7 Å². The molecule has 0 unspecified atom stereocenters. The molecule has 3 aromatic rings. The number of rotatable bonds is 7. The van der Waals surface area contributed by atoms with Crippen molar-refractivity contribution < 1.29 is 19.4 Å². The summed E-state index contributed by atoms with van der Waals surface area (Å²) in [5.41, 5.74) is 2.61. The molecule has 1 aliphatic heterocycles. The van der Waals surface area contributed by atoms with E-state index >= 15 is 0 Å². The molecule has 1 aromatic heterocycles. The number of nitrogens with zero attached hydrogens (tertiary/aromatic N) is 4. The van der Waals surface area contributed by atoms with Crippen LogP contribution in [0.2, 0.25) is 10.0 Å². The van der Waals surface area contributed by atoms with E-state index in [2.05, 4.69) is 15.1 Å². The van der Waals surface area contributed by atoms with Gasteiger partial charge < -0.3 is 14.6 Å². The number of carbonyl (C=O) groups excluding carboxylic acids is 1. The predicted octanol–water partition coefficient (Wildman–Crippen LogP) is 5.50. The molecule has 1 saturated heterocycles. The number of aryl methyl sites for hydroxylation is 2. The maximum atomic E-state index is 12.4. The molecular formula is C24H26Cl2N4O4. The number of ether oxygens (including phenoxy) is 2. The number of fused-ring (bicyclic) bond motifs is 1. The Labute approximate surface area is 207 Å². The lowest BCUT2D eigenvalue weighted by atomic mass is 10.1. The van der Waals surface area contributed by atoms with E-state index in [9.17, 15) is 9.90 Å². The zero-order valence-corrected chi connectivity index (χ0v) is 20.6. The van der Waals surface area contributed by atoms with E-state index in [0.29, 0.717) is 53.0 Å². The summed E-state index contributed by atoms with van der Waals surface area (Å²) < 4.78 is 12.8. The number of amides is 1. The van der Waals surface area contributed by atoms with Crippen LogP contribution in [0, 0.1) is 6.92 Å². The van der Waals surface area contributed by atoms with Crippen LogP contribution in [0.3, 0.4) is 0 Å². The number of azo groups is 1. The fourth-order valence-corrected chi connectivity index (χ4v) is 4.33. The zero-order valence-electron chi connectivity index (χ0n) is 19.1. The van der Waals surface area contributed by atoms with Crippen molar-refractivity contribution in [3.8, 4) is 11.6 Å². The molecule has 4 rings (SSSR count). The second kappa shape index (κ2) is 10.7. The Morgan fingerprint density at radius 1 is 1.21 bits per heavy atom. The number of hydrogen-bond acceptors (Lipinski definition) is 6. The normalized spacial score (nSPS) is 14.8. The van der Waals surface area contributed by atoms with Crippen molar-refractivity contribution in [2.24, 2.45) is 10.2 Å². The first-order valence-electron chi connectivity index (χ1n) is 11.0. The Hall–Kier alpha value is -2.65. The Morgan fingerprint density at radius 2 is 1.97 bits per heavy atom. The van der Waals surface area contributed by atoms with Crippen molar-refractivity contribution >= 4 is 45.7 Å². The summed E-state index contributed by atoms with van der Waals surface area (Å²) in [5, 5.41) is 20.4. The van der Waals surface area contributed by atoms with E-state index in [1.165, 1.54) is 0 Å². The number of morpholine rings is 1. The minimum Gasteiger partial charge on any atom is -0.493 e. The van der Waals surface area contributed by atoms with Crippen LogP contribution in [0.1, 0.15) is 18.1 Å². The molecule has 0 atom stereocenters. The van der Waals surface area contributed by atoms with E-state index < -0.39 is 5.91 Å². The molecule has 10 heteroatoms. The number of carbonyl (C=O) groups is 1. The van der Waals surface area contributed by atoms with Gasteiger partial charge in [0.25, 0.3) is 0 Å². The molecule has 0 radical (unpaired) electrons. The van der Waals surface area contributed by atoms with E-state index in [1.807, 2.05) is 26.0 Å². The van der Waals surface area contributed by atoms with Gasteiger partial charge in [0.1, 0.15) is 5.75 Å². The molecule has 34 heavy (non-hydrogen) atoms. The lowest BCUT2D eigenvalue weighted by molar-refractivity contribution is -0.120. The van der Waals surface area contributed by atoms with Gasteiger partial charge in [0.05, 0.1) is 35.8 Å². The number of benzene rings is 2. The van der Waals surface area contributed by atoms with Crippen molar-refractivity contribution in [2.45, 2.75) is 26.9 Å². The molecule has 0 saturated carbocycles. The SMILES string of the molecule is CCc1cc(Cl)c(C)cc1OCC(=O)N=Nc1c(O)n(CN2CCOCC2)c2cccc(Cl)c12. The highest BCUT2D eigenvalue weighted by Gasteiger charge is 2.22. The van der Waals surface area contributed by atoms with Gasteiger partial charge in [0.15, 0.2) is 12.3 Å². The van der Waals surface area contributed by atoms with E-state index in [-0.39, 0.29) is 18.2 Å². The number of hydrogen-bond donors (Lipinski definition) is 1. The molecule has 0 aliphatic carbocycles. The number of aromatic hydroxyl groups is 1. The minimum absolute atomic E-state index is 0.103. The lowest BCUT2D eigenvalue weighted by Crippen LogP contribution is -2.37. The fourth-order valence-electron chi connectivity index (χ4n) is 3.89. The summed E-state index contributed by atoms with van der Waals surface area (Å²) in [4.78, 5) is 14.6. The Balaban J connectivity index is 1.55. The largest absolute Gasteiger partial charge is 0.493 e. The standard InChI is InChI=1S/C24H26Cl2N4O4/c1-3-16-12-18(26)15(2)11-20(16)34-13-21(31)27-28-23-22-17(25)5-4-6-19(22)30(24(23)32)14-29-7-9-33-10-8-29/h4-6,11-12,32H,3,7-10,13-14H2,1-2H3. The molecular weight excluding hydrogens is 479 g/mol. The van der Waals surface area contributed by atoms with Gasteiger partial charge in [-0.05, 0) is 48.7 Å². The van der Waals surface area contributed by atoms with Crippen LogP contribution in [-0.2, 0) is 22.6 Å². The van der Waals surface area contributed by atoms with Crippen LogP contribution >= 0.6 is 23.2 Å². The summed E-state index contributed by atoms with van der Waals surface area (Å²) in [6, 6.07) is 9.00. The highest BCUT2D eigenvalue weighted by molar-refractivity contribution is 6.36. The van der Waals surface area contributed by atoms with Crippen LogP contribution in [-0.4, -0.2) is 53.4 Å². The number of aromatic nitrogens is 1. The molecule has 180 valence electrons. The van der Waals surface area contributed by atoms with Crippen molar-refractivity contribution in [3.63, 3.8) is 0 Å². The molecule has 0 bridgehead atoms. The Morgan fingerprint density at radius 3 is 2.71 bits per heavy atom.